The summed E-state index contributed by atoms with van der Waals surface area (Å²) < 4.78 is 5.12. The van der Waals surface area contributed by atoms with E-state index in [0.717, 1.165) is 10.5 Å². The fraction of sp³-hybridized carbons (Fsp3) is 0.0690. The number of carboxylic acids is 1. The summed E-state index contributed by atoms with van der Waals surface area (Å²) >= 11 is 1.37. The van der Waals surface area contributed by atoms with Crippen molar-refractivity contribution in [1.29, 1.82) is 0 Å². The number of hydrogen-bond donors (Lipinski definition) is 3. The first-order valence-corrected chi connectivity index (χ1v) is 12.2. The largest absolute Gasteiger partial charge is 0.497 e. The fourth-order valence-corrected chi connectivity index (χ4v) is 4.53. The molecule has 0 fully saturated rings. The van der Waals surface area contributed by atoms with Crippen molar-refractivity contribution in [3.8, 4) is 5.75 Å². The molecular weight excluding hydrogens is 488 g/mol. The lowest BCUT2D eigenvalue weighted by molar-refractivity contribution is -0.115. The van der Waals surface area contributed by atoms with Gasteiger partial charge in [0.25, 0.3) is 5.91 Å². The first-order valence-electron chi connectivity index (χ1n) is 11.3. The van der Waals surface area contributed by atoms with Crippen LogP contribution in [0, 0.1) is 0 Å². The van der Waals surface area contributed by atoms with E-state index in [0.29, 0.717) is 22.7 Å². The maximum atomic E-state index is 13.2. The first kappa shape index (κ1) is 25.5. The predicted octanol–water partition coefficient (Wildman–Crippen LogP) is 6.12. The summed E-state index contributed by atoms with van der Waals surface area (Å²) in [6, 6.07) is 29.5. The van der Waals surface area contributed by atoms with Crippen LogP contribution in [0.25, 0.3) is 0 Å². The minimum absolute atomic E-state index is 0.145. The van der Waals surface area contributed by atoms with E-state index in [1.54, 1.807) is 55.6 Å². The molecule has 4 aromatic rings. The Morgan fingerprint density at radius 3 is 1.89 bits per heavy atom. The van der Waals surface area contributed by atoms with Crippen molar-refractivity contribution in [3.63, 3.8) is 0 Å². The third kappa shape index (κ3) is 6.77. The van der Waals surface area contributed by atoms with Gasteiger partial charge in [0.2, 0.25) is 5.91 Å². The van der Waals surface area contributed by atoms with Gasteiger partial charge in [-0.3, -0.25) is 9.59 Å². The molecule has 4 aromatic carbocycles. The predicted molar refractivity (Wildman–Crippen MR) is 144 cm³/mol. The number of ether oxygens (including phenoxy) is 1. The SMILES string of the molecule is COc1ccc(C(=O)Nc2ccc(SC(C(=O)Nc3ccc(C(=O)O)cc3)c3ccccc3)cc2)cc1. The topological polar surface area (TPSA) is 105 Å². The second-order valence-electron chi connectivity index (χ2n) is 7.99. The van der Waals surface area contributed by atoms with Gasteiger partial charge in [-0.25, -0.2) is 4.79 Å². The highest BCUT2D eigenvalue weighted by atomic mass is 32.2. The lowest BCUT2D eigenvalue weighted by atomic mass is 10.1. The Morgan fingerprint density at radius 1 is 0.730 bits per heavy atom. The Hall–Kier alpha value is -4.56. The third-order valence-corrected chi connectivity index (χ3v) is 6.72. The Labute approximate surface area is 218 Å². The molecule has 0 heterocycles. The van der Waals surface area contributed by atoms with Gasteiger partial charge < -0.3 is 20.5 Å². The van der Waals surface area contributed by atoms with Gasteiger partial charge in [0, 0.05) is 21.8 Å². The molecule has 0 aromatic heterocycles. The molecule has 0 aliphatic rings. The van der Waals surface area contributed by atoms with E-state index in [-0.39, 0.29) is 17.4 Å². The highest BCUT2D eigenvalue weighted by Crippen LogP contribution is 2.36. The van der Waals surface area contributed by atoms with Crippen LogP contribution < -0.4 is 15.4 Å². The molecule has 7 nitrogen and oxygen atoms in total. The molecule has 0 aliphatic carbocycles. The summed E-state index contributed by atoms with van der Waals surface area (Å²) in [4.78, 5) is 37.7. The maximum absolute atomic E-state index is 13.2. The van der Waals surface area contributed by atoms with Crippen LogP contribution in [0.15, 0.2) is 108 Å². The number of anilines is 2. The van der Waals surface area contributed by atoms with Crippen molar-refractivity contribution in [3.05, 3.63) is 120 Å². The smallest absolute Gasteiger partial charge is 0.335 e. The summed E-state index contributed by atoms with van der Waals surface area (Å²) in [5.41, 5.74) is 2.61. The van der Waals surface area contributed by atoms with Crippen molar-refractivity contribution in [2.75, 3.05) is 17.7 Å². The molecule has 0 spiro atoms. The molecule has 8 heteroatoms. The molecule has 186 valence electrons. The van der Waals surface area contributed by atoms with Crippen LogP contribution in [-0.4, -0.2) is 30.0 Å². The van der Waals surface area contributed by atoms with Gasteiger partial charge >= 0.3 is 5.97 Å². The van der Waals surface area contributed by atoms with E-state index in [1.807, 2.05) is 42.5 Å². The molecule has 3 N–H and O–H groups in total. The van der Waals surface area contributed by atoms with E-state index in [1.165, 1.54) is 23.9 Å². The molecule has 0 saturated carbocycles. The molecule has 1 atom stereocenters. The average molecular weight is 513 g/mol. The number of carbonyl (C=O) groups excluding carboxylic acids is 2. The standard InChI is InChI=1S/C29H24N2O5S/c1-36-24-15-9-20(10-16-24)27(32)30-23-13-17-25(18-14-23)37-26(19-5-3-2-4-6-19)28(33)31-22-11-7-21(8-12-22)29(34)35/h2-18,26H,1H3,(H,30,32)(H,31,33)(H,34,35). The number of carbonyl (C=O) groups is 3. The molecule has 2 amide bonds. The number of methoxy groups -OCH3 is 1. The minimum Gasteiger partial charge on any atom is -0.497 e. The van der Waals surface area contributed by atoms with Crippen molar-refractivity contribution in [2.24, 2.45) is 0 Å². The third-order valence-electron chi connectivity index (χ3n) is 5.46. The van der Waals surface area contributed by atoms with E-state index in [9.17, 15) is 14.4 Å². The molecule has 4 rings (SSSR count). The van der Waals surface area contributed by atoms with Gasteiger partial charge in [-0.2, -0.15) is 0 Å². The summed E-state index contributed by atoms with van der Waals surface area (Å²) in [6.45, 7) is 0. The Kier molecular flexibility index (Phi) is 8.22. The van der Waals surface area contributed by atoms with Crippen LogP contribution in [0.2, 0.25) is 0 Å². The van der Waals surface area contributed by atoms with Gasteiger partial charge in [-0.15, -0.1) is 11.8 Å². The Balaban J connectivity index is 1.46. The lowest BCUT2D eigenvalue weighted by Gasteiger charge is -2.17. The fourth-order valence-electron chi connectivity index (χ4n) is 3.50. The normalized spacial score (nSPS) is 11.3. The van der Waals surface area contributed by atoms with Crippen molar-refractivity contribution in [2.45, 2.75) is 10.1 Å². The zero-order valence-corrected chi connectivity index (χ0v) is 20.7. The van der Waals surface area contributed by atoms with Crippen molar-refractivity contribution >= 4 is 40.9 Å². The monoisotopic (exact) mass is 512 g/mol. The number of nitrogens with one attached hydrogen (secondary N) is 2. The Morgan fingerprint density at radius 2 is 1.30 bits per heavy atom. The molecule has 0 radical (unpaired) electrons. The summed E-state index contributed by atoms with van der Waals surface area (Å²) in [5.74, 6) is -0.832. The first-order chi connectivity index (χ1) is 17.9. The van der Waals surface area contributed by atoms with Gasteiger partial charge in [0.15, 0.2) is 0 Å². The summed E-state index contributed by atoms with van der Waals surface area (Å²) in [5, 5.41) is 14.3. The van der Waals surface area contributed by atoms with Crippen LogP contribution in [0.1, 0.15) is 31.5 Å². The van der Waals surface area contributed by atoms with E-state index >= 15 is 0 Å². The van der Waals surface area contributed by atoms with Gasteiger partial charge in [-0.1, -0.05) is 30.3 Å². The van der Waals surface area contributed by atoms with Crippen molar-refractivity contribution < 1.29 is 24.2 Å². The summed E-state index contributed by atoms with van der Waals surface area (Å²) in [6.07, 6.45) is 0. The zero-order chi connectivity index (χ0) is 26.2. The molecule has 0 saturated heterocycles. The van der Waals surface area contributed by atoms with E-state index in [4.69, 9.17) is 9.84 Å². The number of thioether (sulfide) groups is 1. The van der Waals surface area contributed by atoms with Gasteiger partial charge in [-0.05, 0) is 78.4 Å². The van der Waals surface area contributed by atoms with Crippen molar-refractivity contribution in [1.82, 2.24) is 0 Å². The minimum atomic E-state index is -1.03. The number of amides is 2. The van der Waals surface area contributed by atoms with E-state index < -0.39 is 11.2 Å². The van der Waals surface area contributed by atoms with E-state index in [2.05, 4.69) is 10.6 Å². The molecule has 0 aliphatic heterocycles. The molecule has 1 unspecified atom stereocenters. The lowest BCUT2D eigenvalue weighted by Crippen LogP contribution is -2.19. The van der Waals surface area contributed by atoms with Crippen LogP contribution in [0.4, 0.5) is 11.4 Å². The number of rotatable bonds is 9. The van der Waals surface area contributed by atoms with Crippen LogP contribution in [-0.2, 0) is 4.79 Å². The number of aromatic carboxylic acids is 1. The highest BCUT2D eigenvalue weighted by molar-refractivity contribution is 8.00. The van der Waals surface area contributed by atoms with Crippen LogP contribution >= 0.6 is 11.8 Å². The van der Waals surface area contributed by atoms with Gasteiger partial charge in [0.1, 0.15) is 11.0 Å². The zero-order valence-electron chi connectivity index (χ0n) is 19.9. The van der Waals surface area contributed by atoms with Crippen LogP contribution in [0.5, 0.6) is 5.75 Å². The summed E-state index contributed by atoms with van der Waals surface area (Å²) in [7, 11) is 1.57. The molecule has 37 heavy (non-hydrogen) atoms. The highest BCUT2D eigenvalue weighted by Gasteiger charge is 2.22. The Bertz CT molecular complexity index is 1370. The number of benzene rings is 4. The van der Waals surface area contributed by atoms with Crippen LogP contribution in [0.3, 0.4) is 0 Å². The van der Waals surface area contributed by atoms with Gasteiger partial charge in [0.05, 0.1) is 12.7 Å². The second-order valence-corrected chi connectivity index (χ2v) is 9.17. The molecular formula is C29H24N2O5S. The number of hydrogen-bond acceptors (Lipinski definition) is 5. The maximum Gasteiger partial charge on any atom is 0.335 e. The average Bonchev–Trinajstić information content (AvgIpc) is 2.93. The quantitative estimate of drug-likeness (QED) is 0.234. The molecule has 0 bridgehead atoms. The second kappa shape index (κ2) is 11.9. The number of carboxylic acid groups (broad SMARTS) is 1.